The van der Waals surface area contributed by atoms with E-state index in [1.165, 1.54) is 83.5 Å². The molecule has 2 unspecified atom stereocenters. The normalized spacial score (nSPS) is 25.0. The topological polar surface area (TPSA) is 18.5 Å². The molecule has 0 radical (unpaired) electrons. The number of hydrogen-bond donors (Lipinski definition) is 0. The fourth-order valence-corrected chi connectivity index (χ4v) is 3.20. The standard InChI is InChI=1S/C20H40O2/c1-4-5-6-7-8-9-10-11-12-13-14-15-16-17-20-21-18(2)19(3)22-20/h18-20H,4-17H2,1-3H3. The number of ether oxygens (including phenoxy) is 2. The molecular formula is C20H40O2. The molecule has 0 bridgehead atoms. The third-order valence-corrected chi connectivity index (χ3v) is 4.94. The minimum Gasteiger partial charge on any atom is -0.347 e. The fourth-order valence-electron chi connectivity index (χ4n) is 3.20. The first kappa shape index (κ1) is 20.0. The van der Waals surface area contributed by atoms with Gasteiger partial charge in [-0.3, -0.25) is 0 Å². The predicted molar refractivity (Wildman–Crippen MR) is 95.2 cm³/mol. The summed E-state index contributed by atoms with van der Waals surface area (Å²) in [7, 11) is 0. The Morgan fingerprint density at radius 2 is 0.909 bits per heavy atom. The summed E-state index contributed by atoms with van der Waals surface area (Å²) in [6.07, 6.45) is 20.0. The van der Waals surface area contributed by atoms with Gasteiger partial charge in [0, 0.05) is 0 Å². The molecule has 0 aromatic carbocycles. The van der Waals surface area contributed by atoms with Gasteiger partial charge in [-0.15, -0.1) is 0 Å². The van der Waals surface area contributed by atoms with E-state index in [1.807, 2.05) is 0 Å². The summed E-state index contributed by atoms with van der Waals surface area (Å²) < 4.78 is 11.5. The Morgan fingerprint density at radius 1 is 0.545 bits per heavy atom. The van der Waals surface area contributed by atoms with Gasteiger partial charge in [0.1, 0.15) is 0 Å². The Balaban J connectivity index is 1.73. The average molecular weight is 313 g/mol. The maximum absolute atomic E-state index is 5.76. The van der Waals surface area contributed by atoms with Crippen LogP contribution in [0, 0.1) is 0 Å². The molecule has 1 aliphatic rings. The van der Waals surface area contributed by atoms with E-state index in [9.17, 15) is 0 Å². The van der Waals surface area contributed by atoms with Gasteiger partial charge in [0.25, 0.3) is 0 Å². The lowest BCUT2D eigenvalue weighted by atomic mass is 10.0. The zero-order valence-electron chi connectivity index (χ0n) is 15.4. The molecule has 0 N–H and O–H groups in total. The Hall–Kier alpha value is -0.0800. The van der Waals surface area contributed by atoms with Crippen molar-refractivity contribution < 1.29 is 9.47 Å². The molecule has 0 saturated carbocycles. The van der Waals surface area contributed by atoms with Gasteiger partial charge >= 0.3 is 0 Å². The zero-order valence-corrected chi connectivity index (χ0v) is 15.4. The van der Waals surface area contributed by atoms with Crippen molar-refractivity contribution in [3.05, 3.63) is 0 Å². The van der Waals surface area contributed by atoms with Crippen molar-refractivity contribution in [1.82, 2.24) is 0 Å². The molecule has 0 aromatic heterocycles. The third kappa shape index (κ3) is 9.84. The molecule has 1 heterocycles. The Bertz CT molecular complexity index is 232. The molecule has 0 aromatic rings. The lowest BCUT2D eigenvalue weighted by Crippen LogP contribution is -2.13. The summed E-state index contributed by atoms with van der Waals surface area (Å²) in [5, 5.41) is 0. The maximum atomic E-state index is 5.76. The van der Waals surface area contributed by atoms with Crippen LogP contribution in [0.2, 0.25) is 0 Å². The summed E-state index contributed by atoms with van der Waals surface area (Å²) in [5.41, 5.74) is 0. The summed E-state index contributed by atoms with van der Waals surface area (Å²) in [6, 6.07) is 0. The largest absolute Gasteiger partial charge is 0.347 e. The summed E-state index contributed by atoms with van der Waals surface area (Å²) >= 11 is 0. The predicted octanol–water partition coefficient (Wildman–Crippen LogP) is 6.62. The van der Waals surface area contributed by atoms with E-state index in [-0.39, 0.29) is 18.5 Å². The maximum Gasteiger partial charge on any atom is 0.158 e. The monoisotopic (exact) mass is 312 g/mol. The van der Waals surface area contributed by atoms with Crippen LogP contribution >= 0.6 is 0 Å². The molecule has 0 amide bonds. The Morgan fingerprint density at radius 3 is 1.32 bits per heavy atom. The molecule has 22 heavy (non-hydrogen) atoms. The molecule has 1 rings (SSSR count). The van der Waals surface area contributed by atoms with Crippen LogP contribution < -0.4 is 0 Å². The van der Waals surface area contributed by atoms with Crippen molar-refractivity contribution in [2.24, 2.45) is 0 Å². The highest BCUT2D eigenvalue weighted by Gasteiger charge is 2.28. The van der Waals surface area contributed by atoms with Crippen molar-refractivity contribution in [1.29, 1.82) is 0 Å². The van der Waals surface area contributed by atoms with Crippen LogP contribution in [0.3, 0.4) is 0 Å². The third-order valence-electron chi connectivity index (χ3n) is 4.94. The minimum absolute atomic E-state index is 0.0673. The van der Waals surface area contributed by atoms with Gasteiger partial charge < -0.3 is 9.47 Å². The highest BCUT2D eigenvalue weighted by molar-refractivity contribution is 4.69. The van der Waals surface area contributed by atoms with E-state index in [4.69, 9.17) is 9.47 Å². The zero-order chi connectivity index (χ0) is 16.0. The van der Waals surface area contributed by atoms with Crippen molar-refractivity contribution in [3.8, 4) is 0 Å². The van der Waals surface area contributed by atoms with Gasteiger partial charge in [0.05, 0.1) is 12.2 Å². The second-order valence-electron chi connectivity index (χ2n) is 7.14. The lowest BCUT2D eigenvalue weighted by molar-refractivity contribution is -0.0681. The van der Waals surface area contributed by atoms with Gasteiger partial charge in [0.15, 0.2) is 6.29 Å². The summed E-state index contributed by atoms with van der Waals surface area (Å²) in [6.45, 7) is 6.50. The van der Waals surface area contributed by atoms with E-state index in [2.05, 4.69) is 20.8 Å². The molecular weight excluding hydrogens is 272 g/mol. The van der Waals surface area contributed by atoms with Crippen LogP contribution in [0.1, 0.15) is 111 Å². The van der Waals surface area contributed by atoms with Crippen LogP contribution in [-0.4, -0.2) is 18.5 Å². The average Bonchev–Trinajstić information content (AvgIpc) is 2.82. The molecule has 0 spiro atoms. The summed E-state index contributed by atoms with van der Waals surface area (Å²) in [4.78, 5) is 0. The van der Waals surface area contributed by atoms with Crippen LogP contribution in [-0.2, 0) is 9.47 Å². The van der Waals surface area contributed by atoms with Gasteiger partial charge in [-0.1, -0.05) is 84.0 Å². The van der Waals surface area contributed by atoms with Crippen molar-refractivity contribution in [2.75, 3.05) is 0 Å². The van der Waals surface area contributed by atoms with Crippen molar-refractivity contribution >= 4 is 0 Å². The Labute approximate surface area is 139 Å². The van der Waals surface area contributed by atoms with Gasteiger partial charge in [-0.25, -0.2) is 0 Å². The molecule has 2 atom stereocenters. The summed E-state index contributed by atoms with van der Waals surface area (Å²) in [5.74, 6) is 0. The molecule has 1 fully saturated rings. The fraction of sp³-hybridized carbons (Fsp3) is 1.00. The molecule has 0 aliphatic carbocycles. The van der Waals surface area contributed by atoms with E-state index < -0.39 is 0 Å². The van der Waals surface area contributed by atoms with E-state index >= 15 is 0 Å². The van der Waals surface area contributed by atoms with Gasteiger partial charge in [-0.2, -0.15) is 0 Å². The van der Waals surface area contributed by atoms with Crippen molar-refractivity contribution in [3.63, 3.8) is 0 Å². The molecule has 2 heteroatoms. The minimum atomic E-state index is 0.0673. The van der Waals surface area contributed by atoms with E-state index in [0.717, 1.165) is 6.42 Å². The molecule has 132 valence electrons. The van der Waals surface area contributed by atoms with Crippen molar-refractivity contribution in [2.45, 2.75) is 129 Å². The van der Waals surface area contributed by atoms with Gasteiger partial charge in [-0.05, 0) is 26.7 Å². The lowest BCUT2D eigenvalue weighted by Gasteiger charge is -2.09. The quantitative estimate of drug-likeness (QED) is 0.336. The molecule has 1 aliphatic heterocycles. The smallest absolute Gasteiger partial charge is 0.158 e. The van der Waals surface area contributed by atoms with Crippen LogP contribution in [0.4, 0.5) is 0 Å². The molecule has 1 saturated heterocycles. The highest BCUT2D eigenvalue weighted by atomic mass is 16.7. The molecule has 2 nitrogen and oxygen atoms in total. The van der Waals surface area contributed by atoms with Crippen LogP contribution in [0.15, 0.2) is 0 Å². The van der Waals surface area contributed by atoms with E-state index in [0.29, 0.717) is 0 Å². The second kappa shape index (κ2) is 13.4. The second-order valence-corrected chi connectivity index (χ2v) is 7.14. The first-order valence-corrected chi connectivity index (χ1v) is 10.0. The van der Waals surface area contributed by atoms with E-state index in [1.54, 1.807) is 0 Å². The highest BCUT2D eigenvalue weighted by Crippen LogP contribution is 2.22. The SMILES string of the molecule is CCCCCCCCCCCCCCCC1OC(C)C(C)O1. The first-order chi connectivity index (χ1) is 10.7. The first-order valence-electron chi connectivity index (χ1n) is 10.0. The van der Waals surface area contributed by atoms with Gasteiger partial charge in [0.2, 0.25) is 0 Å². The van der Waals surface area contributed by atoms with Crippen LogP contribution in [0.5, 0.6) is 0 Å². The van der Waals surface area contributed by atoms with Crippen LogP contribution in [0.25, 0.3) is 0 Å². The number of hydrogen-bond acceptors (Lipinski definition) is 2. The Kier molecular flexibility index (Phi) is 12.1. The number of rotatable bonds is 14. The number of unbranched alkanes of at least 4 members (excludes halogenated alkanes) is 12.